The van der Waals surface area contributed by atoms with E-state index in [9.17, 15) is 26.7 Å². The second kappa shape index (κ2) is 11.4. The maximum atomic E-state index is 14.4. The number of nitrogens with zero attached hydrogens (tertiary/aromatic N) is 4. The molecule has 1 unspecified atom stereocenters. The molecule has 1 aliphatic rings. The highest BCUT2D eigenvalue weighted by Gasteiger charge is 2.48. The van der Waals surface area contributed by atoms with Crippen LogP contribution in [0.2, 0.25) is 0 Å². The molecule has 4 aromatic rings. The van der Waals surface area contributed by atoms with Crippen LogP contribution in [0.15, 0.2) is 59.5 Å². The number of hydrazine groups is 1. The third kappa shape index (κ3) is 5.17. The minimum absolute atomic E-state index is 0.0170. The standard InChI is InChI=1S/C29H26F5N5O4/c1-4-13-42-17-9-10-18(19(14-17)29(32,33)34)21-15-24(43-37-21)28(5-2,27(40)41-3)38-16-35-26-23(38)11-12-39(36-26)22-8-6-7-20(30)25(22)31/h6-12,14-16,36H,4-5,13H2,1-3H3. The molecular formula is C29H26F5N5O4. The van der Waals surface area contributed by atoms with Crippen LogP contribution in [0.4, 0.5) is 33.5 Å². The van der Waals surface area contributed by atoms with Gasteiger partial charge in [0.25, 0.3) is 0 Å². The molecule has 2 aromatic heterocycles. The van der Waals surface area contributed by atoms with Crippen LogP contribution in [0.3, 0.4) is 0 Å². The summed E-state index contributed by atoms with van der Waals surface area (Å²) in [5, 5.41) is 5.11. The lowest BCUT2D eigenvalue weighted by Gasteiger charge is -2.31. The number of nitrogens with one attached hydrogen (secondary N) is 1. The minimum atomic E-state index is -4.74. The van der Waals surface area contributed by atoms with Gasteiger partial charge in [-0.05, 0) is 49.2 Å². The predicted molar refractivity (Wildman–Crippen MR) is 146 cm³/mol. The van der Waals surface area contributed by atoms with Gasteiger partial charge in [0.05, 0.1) is 31.3 Å². The molecule has 43 heavy (non-hydrogen) atoms. The normalized spacial score (nSPS) is 14.2. The Balaban J connectivity index is 1.57. The highest BCUT2D eigenvalue weighted by atomic mass is 19.4. The first-order chi connectivity index (χ1) is 20.5. The summed E-state index contributed by atoms with van der Waals surface area (Å²) in [6.07, 6.45) is 0.103. The number of hydrogen-bond donors (Lipinski definition) is 1. The van der Waals surface area contributed by atoms with Crippen LogP contribution in [-0.2, 0) is 21.2 Å². The summed E-state index contributed by atoms with van der Waals surface area (Å²) in [6.45, 7) is 3.73. The van der Waals surface area contributed by atoms with Gasteiger partial charge in [0.15, 0.2) is 23.2 Å². The monoisotopic (exact) mass is 603 g/mol. The molecule has 0 saturated carbocycles. The molecule has 0 spiro atoms. The van der Waals surface area contributed by atoms with E-state index >= 15 is 0 Å². The number of rotatable bonds is 9. The molecule has 14 heteroatoms. The largest absolute Gasteiger partial charge is 0.494 e. The number of esters is 1. The molecule has 9 nitrogen and oxygen atoms in total. The average molecular weight is 604 g/mol. The first kappa shape index (κ1) is 29.6. The van der Waals surface area contributed by atoms with E-state index in [-0.39, 0.29) is 47.3 Å². The number of carbonyl (C=O) groups excluding carboxylic acids is 1. The number of fused-ring (bicyclic) bond motifs is 1. The Morgan fingerprint density at radius 2 is 1.91 bits per heavy atom. The molecular weight excluding hydrogens is 577 g/mol. The van der Waals surface area contributed by atoms with E-state index in [4.69, 9.17) is 14.0 Å². The average Bonchev–Trinajstić information content (AvgIpc) is 3.66. The van der Waals surface area contributed by atoms with Gasteiger partial charge in [0, 0.05) is 17.8 Å². The number of aromatic nitrogens is 3. The number of imidazole rings is 1. The van der Waals surface area contributed by atoms with Crippen molar-refractivity contribution in [2.75, 3.05) is 24.2 Å². The van der Waals surface area contributed by atoms with Crippen LogP contribution >= 0.6 is 0 Å². The van der Waals surface area contributed by atoms with E-state index < -0.39 is 34.9 Å². The lowest BCUT2D eigenvalue weighted by atomic mass is 9.91. The molecule has 0 bridgehead atoms. The third-order valence-electron chi connectivity index (χ3n) is 7.01. The number of methoxy groups -OCH3 is 1. The van der Waals surface area contributed by atoms with Gasteiger partial charge in [-0.15, -0.1) is 0 Å². The van der Waals surface area contributed by atoms with Gasteiger partial charge < -0.3 is 18.6 Å². The molecule has 0 amide bonds. The van der Waals surface area contributed by atoms with Crippen molar-refractivity contribution in [3.05, 3.63) is 83.6 Å². The highest BCUT2D eigenvalue weighted by Crippen LogP contribution is 2.42. The van der Waals surface area contributed by atoms with Crippen LogP contribution in [-0.4, -0.2) is 34.4 Å². The zero-order valence-electron chi connectivity index (χ0n) is 23.2. The summed E-state index contributed by atoms with van der Waals surface area (Å²) in [5.74, 6) is -2.81. The van der Waals surface area contributed by atoms with Crippen molar-refractivity contribution in [1.82, 2.24) is 14.7 Å². The molecule has 1 aliphatic heterocycles. The minimum Gasteiger partial charge on any atom is -0.494 e. The van der Waals surface area contributed by atoms with Gasteiger partial charge in [-0.25, -0.2) is 18.6 Å². The maximum absolute atomic E-state index is 14.4. The van der Waals surface area contributed by atoms with E-state index in [0.29, 0.717) is 12.1 Å². The predicted octanol–water partition coefficient (Wildman–Crippen LogP) is 6.77. The number of halogens is 5. The topological polar surface area (TPSA) is 94.7 Å². The quantitative estimate of drug-likeness (QED) is 0.166. The maximum Gasteiger partial charge on any atom is 0.417 e. The van der Waals surface area contributed by atoms with Gasteiger partial charge in [-0.1, -0.05) is 25.1 Å². The van der Waals surface area contributed by atoms with Crippen molar-refractivity contribution >= 4 is 23.6 Å². The fourth-order valence-electron chi connectivity index (χ4n) is 4.89. The fraction of sp³-hybridized carbons (Fsp3) is 0.276. The Hall–Kier alpha value is -4.88. The molecule has 0 aliphatic carbocycles. The SMILES string of the molecule is CCCOc1ccc(-c2cc(C(CC)(C(=O)OC)n3cnc4c3C=CN(c3cccc(F)c3F)N4)on2)c(C(F)(F)F)c1. The summed E-state index contributed by atoms with van der Waals surface area (Å²) < 4.78 is 88.0. The van der Waals surface area contributed by atoms with Crippen molar-refractivity contribution in [2.45, 2.75) is 38.4 Å². The Morgan fingerprint density at radius 3 is 2.60 bits per heavy atom. The lowest BCUT2D eigenvalue weighted by Crippen LogP contribution is -2.44. The Bertz CT molecular complexity index is 1680. The second-order valence-electron chi connectivity index (χ2n) is 9.55. The molecule has 2 aromatic carbocycles. The fourth-order valence-corrected chi connectivity index (χ4v) is 4.89. The number of benzene rings is 2. The van der Waals surface area contributed by atoms with E-state index in [1.54, 1.807) is 6.92 Å². The molecule has 3 heterocycles. The molecule has 0 radical (unpaired) electrons. The smallest absolute Gasteiger partial charge is 0.417 e. The van der Waals surface area contributed by atoms with Crippen molar-refractivity contribution in [1.29, 1.82) is 0 Å². The van der Waals surface area contributed by atoms with Crippen LogP contribution < -0.4 is 15.2 Å². The number of carbonyl (C=O) groups is 1. The number of ether oxygens (including phenoxy) is 2. The van der Waals surface area contributed by atoms with Crippen LogP contribution in [0.1, 0.15) is 43.7 Å². The zero-order valence-corrected chi connectivity index (χ0v) is 23.2. The Kier molecular flexibility index (Phi) is 7.86. The number of hydrogen-bond acceptors (Lipinski definition) is 8. The summed E-state index contributed by atoms with van der Waals surface area (Å²) in [4.78, 5) is 17.7. The summed E-state index contributed by atoms with van der Waals surface area (Å²) in [5.41, 5.74) is -0.110. The van der Waals surface area contributed by atoms with Crippen molar-refractivity contribution in [2.24, 2.45) is 0 Å². The first-order valence-corrected chi connectivity index (χ1v) is 13.2. The number of anilines is 2. The van der Waals surface area contributed by atoms with E-state index in [1.165, 1.54) is 58.5 Å². The summed E-state index contributed by atoms with van der Waals surface area (Å²) >= 11 is 0. The van der Waals surface area contributed by atoms with Gasteiger partial charge in [-0.2, -0.15) is 13.2 Å². The van der Waals surface area contributed by atoms with Crippen molar-refractivity contribution in [3.8, 4) is 17.0 Å². The third-order valence-corrected chi connectivity index (χ3v) is 7.01. The molecule has 1 atom stereocenters. The first-order valence-electron chi connectivity index (χ1n) is 13.2. The van der Waals surface area contributed by atoms with E-state index in [0.717, 1.165) is 19.2 Å². The van der Waals surface area contributed by atoms with Gasteiger partial charge in [0.2, 0.25) is 5.54 Å². The van der Waals surface area contributed by atoms with Gasteiger partial charge >= 0.3 is 12.1 Å². The second-order valence-corrected chi connectivity index (χ2v) is 9.55. The van der Waals surface area contributed by atoms with Crippen molar-refractivity contribution in [3.63, 3.8) is 0 Å². The Morgan fingerprint density at radius 1 is 1.12 bits per heavy atom. The van der Waals surface area contributed by atoms with Crippen LogP contribution in [0, 0.1) is 11.6 Å². The summed E-state index contributed by atoms with van der Waals surface area (Å²) in [6, 6.07) is 8.45. The number of alkyl halides is 3. The summed E-state index contributed by atoms with van der Waals surface area (Å²) in [7, 11) is 1.16. The Labute approximate surface area is 242 Å². The van der Waals surface area contributed by atoms with E-state index in [2.05, 4.69) is 15.6 Å². The van der Waals surface area contributed by atoms with Gasteiger partial charge in [0.1, 0.15) is 17.1 Å². The highest BCUT2D eigenvalue weighted by molar-refractivity contribution is 5.84. The zero-order chi connectivity index (χ0) is 30.9. The lowest BCUT2D eigenvalue weighted by molar-refractivity contribution is -0.150. The molecule has 5 rings (SSSR count). The molecule has 0 saturated heterocycles. The van der Waals surface area contributed by atoms with Crippen LogP contribution in [0.25, 0.3) is 17.3 Å². The van der Waals surface area contributed by atoms with Crippen LogP contribution in [0.5, 0.6) is 5.75 Å². The van der Waals surface area contributed by atoms with Crippen molar-refractivity contribution < 1.29 is 40.7 Å². The molecule has 0 fully saturated rings. The molecule has 226 valence electrons. The van der Waals surface area contributed by atoms with E-state index in [1.807, 2.05) is 6.92 Å². The van der Waals surface area contributed by atoms with Gasteiger partial charge in [-0.3, -0.25) is 10.4 Å². The molecule has 1 N–H and O–H groups in total.